The number of aryl methyl sites for hydroxylation is 2. The van der Waals surface area contributed by atoms with E-state index in [1.54, 1.807) is 11.9 Å². The number of alkyl halides is 3. The molecule has 2 aliphatic heterocycles. The van der Waals surface area contributed by atoms with Crippen molar-refractivity contribution in [2.24, 2.45) is 16.8 Å². The minimum absolute atomic E-state index is 0.0212. The zero-order valence-electron chi connectivity index (χ0n) is 21.0. The van der Waals surface area contributed by atoms with Gasteiger partial charge in [0, 0.05) is 25.4 Å². The topological polar surface area (TPSA) is 64.9 Å². The third kappa shape index (κ3) is 6.53. The van der Waals surface area contributed by atoms with Gasteiger partial charge in [0.15, 0.2) is 0 Å². The molecule has 9 heteroatoms. The van der Waals surface area contributed by atoms with Crippen molar-refractivity contribution in [1.29, 1.82) is 0 Å². The highest BCUT2D eigenvalue weighted by Gasteiger charge is 2.47. The maximum absolute atomic E-state index is 12.9. The van der Waals surface area contributed by atoms with Crippen LogP contribution in [0.5, 0.6) is 0 Å². The fraction of sp³-hybridized carbons (Fsp3) is 0.630. The van der Waals surface area contributed by atoms with Gasteiger partial charge in [-0.1, -0.05) is 24.1 Å². The van der Waals surface area contributed by atoms with Crippen molar-refractivity contribution in [2.45, 2.75) is 83.5 Å². The first-order valence-electron chi connectivity index (χ1n) is 12.9. The molecule has 1 aromatic rings. The summed E-state index contributed by atoms with van der Waals surface area (Å²) in [6.07, 6.45) is 1.95. The third-order valence-electron chi connectivity index (χ3n) is 7.90. The van der Waals surface area contributed by atoms with Crippen molar-refractivity contribution in [3.8, 4) is 0 Å². The summed E-state index contributed by atoms with van der Waals surface area (Å²) in [4.78, 5) is 17.8. The van der Waals surface area contributed by atoms with E-state index in [1.807, 2.05) is 26.0 Å². The van der Waals surface area contributed by atoms with Gasteiger partial charge in [-0.15, -0.1) is 0 Å². The molecule has 0 bridgehead atoms. The van der Waals surface area contributed by atoms with Gasteiger partial charge in [-0.25, -0.2) is 4.31 Å². The first kappa shape index (κ1) is 27.2. The largest absolute Gasteiger partial charge is 0.392 e. The number of aliphatic hydroxyl groups excluding tert-OH is 1. The molecule has 1 aromatic carbocycles. The van der Waals surface area contributed by atoms with E-state index in [2.05, 4.69) is 21.1 Å². The fourth-order valence-corrected chi connectivity index (χ4v) is 6.49. The van der Waals surface area contributed by atoms with E-state index in [0.29, 0.717) is 12.8 Å². The van der Waals surface area contributed by atoms with E-state index in [9.17, 15) is 23.1 Å². The lowest BCUT2D eigenvalue weighted by atomic mass is 9.79. The van der Waals surface area contributed by atoms with E-state index < -0.39 is 18.1 Å². The van der Waals surface area contributed by atoms with Crippen LogP contribution in [-0.2, 0) is 11.4 Å². The number of hydrogen-bond acceptors (Lipinski definition) is 5. The van der Waals surface area contributed by atoms with E-state index in [0.717, 1.165) is 66.9 Å². The maximum atomic E-state index is 12.9. The van der Waals surface area contributed by atoms with Crippen molar-refractivity contribution < 1.29 is 23.1 Å². The molecule has 1 saturated heterocycles. The molecule has 1 aliphatic carbocycles. The Morgan fingerprint density at radius 1 is 1.17 bits per heavy atom. The first-order chi connectivity index (χ1) is 17.1. The number of halogens is 3. The van der Waals surface area contributed by atoms with Crippen LogP contribution in [0.1, 0.15) is 73.6 Å². The van der Waals surface area contributed by atoms with Crippen LogP contribution in [0.15, 0.2) is 22.5 Å². The molecule has 0 radical (unpaired) electrons. The molecule has 1 spiro atoms. The zero-order chi connectivity index (χ0) is 25.9. The van der Waals surface area contributed by atoms with Crippen molar-refractivity contribution in [2.75, 3.05) is 13.1 Å². The van der Waals surface area contributed by atoms with E-state index in [1.165, 1.54) is 0 Å². The van der Waals surface area contributed by atoms with E-state index >= 15 is 0 Å². The number of hydrogen-bond donors (Lipinski definition) is 2. The average molecular weight is 524 g/mol. The minimum Gasteiger partial charge on any atom is -0.392 e. The normalized spacial score (nSPS) is 24.9. The van der Waals surface area contributed by atoms with Crippen LogP contribution in [0, 0.1) is 25.7 Å². The van der Waals surface area contributed by atoms with Gasteiger partial charge >= 0.3 is 6.18 Å². The molecule has 5 nitrogen and oxygen atoms in total. The van der Waals surface area contributed by atoms with Crippen LogP contribution in [0.25, 0.3) is 6.08 Å². The summed E-state index contributed by atoms with van der Waals surface area (Å²) < 4.78 is 39.8. The Balaban J connectivity index is 1.28. The molecular weight excluding hydrogens is 487 g/mol. The van der Waals surface area contributed by atoms with Crippen LogP contribution >= 0.6 is 11.9 Å². The van der Waals surface area contributed by atoms with Gasteiger partial charge in [0.1, 0.15) is 11.4 Å². The van der Waals surface area contributed by atoms with Crippen LogP contribution < -0.4 is 5.32 Å². The van der Waals surface area contributed by atoms with Crippen LogP contribution in [0.2, 0.25) is 0 Å². The Morgan fingerprint density at radius 2 is 1.81 bits per heavy atom. The molecule has 2 N–H and O–H groups in total. The molecule has 2 heterocycles. The van der Waals surface area contributed by atoms with Crippen molar-refractivity contribution in [3.05, 3.63) is 39.8 Å². The van der Waals surface area contributed by atoms with Gasteiger partial charge in [-0.3, -0.25) is 9.79 Å². The number of amides is 1. The molecule has 0 atom stereocenters. The molecule has 0 aromatic heterocycles. The predicted octanol–water partition coefficient (Wildman–Crippen LogP) is 5.93. The molecule has 198 valence electrons. The molecule has 2 fully saturated rings. The summed E-state index contributed by atoms with van der Waals surface area (Å²) in [5.41, 5.74) is 3.64. The molecule has 36 heavy (non-hydrogen) atoms. The number of carbonyl (C=O) groups excluding carboxylic acids is 1. The Morgan fingerprint density at radius 3 is 2.39 bits per heavy atom. The van der Waals surface area contributed by atoms with E-state index in [4.69, 9.17) is 4.99 Å². The third-order valence-corrected chi connectivity index (χ3v) is 8.82. The fourth-order valence-electron chi connectivity index (χ4n) is 5.73. The van der Waals surface area contributed by atoms with Crippen LogP contribution in [-0.4, -0.2) is 46.0 Å². The SMILES string of the molecule is Cc1cc(CO)cc(C)c1/C=C/SN1CCC2(CC1)N=C(C1CCC(CCC(F)(F)F)CC1)NC2=O. The van der Waals surface area contributed by atoms with Gasteiger partial charge in [0.05, 0.1) is 6.61 Å². The quantitative estimate of drug-likeness (QED) is 0.435. The summed E-state index contributed by atoms with van der Waals surface area (Å²) in [6.45, 7) is 5.64. The summed E-state index contributed by atoms with van der Waals surface area (Å²) in [7, 11) is 0. The zero-order valence-corrected chi connectivity index (χ0v) is 21.9. The molecule has 0 unspecified atom stereocenters. The van der Waals surface area contributed by atoms with Crippen molar-refractivity contribution in [3.63, 3.8) is 0 Å². The standard InChI is InChI=1S/C27H36F3N3O2S/c1-18-15-21(17-34)16-19(2)23(18)8-14-36-33-12-10-26(11-13-33)25(35)31-24(32-26)22-5-3-20(4-6-22)7-9-27(28,29)30/h8,14-16,20,22,34H,3-7,9-13,17H2,1-2H3,(H,31,32,35)/b14-8+. The van der Waals surface area contributed by atoms with Gasteiger partial charge in [0.25, 0.3) is 5.91 Å². The predicted molar refractivity (Wildman–Crippen MR) is 138 cm³/mol. The molecule has 4 rings (SSSR count). The number of rotatable bonds is 7. The highest BCUT2D eigenvalue weighted by molar-refractivity contribution is 8.00. The van der Waals surface area contributed by atoms with E-state index in [-0.39, 0.29) is 30.8 Å². The first-order valence-corrected chi connectivity index (χ1v) is 13.7. The second-order valence-corrected chi connectivity index (χ2v) is 11.5. The number of aliphatic hydroxyl groups is 1. The number of nitrogens with zero attached hydrogens (tertiary/aromatic N) is 2. The average Bonchev–Trinajstić information content (AvgIpc) is 3.16. The summed E-state index contributed by atoms with van der Waals surface area (Å²) in [5, 5.41) is 14.5. The van der Waals surface area contributed by atoms with Gasteiger partial charge in [-0.2, -0.15) is 13.2 Å². The Bertz CT molecular complexity index is 985. The number of aliphatic imine (C=N–C) groups is 1. The second-order valence-electron chi connectivity index (χ2n) is 10.5. The van der Waals surface area contributed by atoms with Crippen molar-refractivity contribution >= 4 is 29.8 Å². The second kappa shape index (κ2) is 11.3. The Kier molecular flexibility index (Phi) is 8.52. The molecule has 1 saturated carbocycles. The Labute approximate surface area is 215 Å². The number of benzene rings is 1. The minimum atomic E-state index is -4.08. The monoisotopic (exact) mass is 523 g/mol. The maximum Gasteiger partial charge on any atom is 0.389 e. The highest BCUT2D eigenvalue weighted by Crippen LogP contribution is 2.38. The summed E-state index contributed by atoms with van der Waals surface area (Å²) in [5.74, 6) is 0.997. The van der Waals surface area contributed by atoms with Crippen molar-refractivity contribution in [1.82, 2.24) is 9.62 Å². The summed E-state index contributed by atoms with van der Waals surface area (Å²) in [6, 6.07) is 4.01. The molecular formula is C27H36F3N3O2S. The summed E-state index contributed by atoms with van der Waals surface area (Å²) >= 11 is 1.64. The van der Waals surface area contributed by atoms with Crippen LogP contribution in [0.3, 0.4) is 0 Å². The van der Waals surface area contributed by atoms with Crippen LogP contribution in [0.4, 0.5) is 13.2 Å². The molecule has 3 aliphatic rings. The van der Waals surface area contributed by atoms with Gasteiger partial charge < -0.3 is 10.4 Å². The highest BCUT2D eigenvalue weighted by atomic mass is 32.2. The number of nitrogens with one attached hydrogen (secondary N) is 1. The lowest BCUT2D eigenvalue weighted by Gasteiger charge is -2.34. The van der Waals surface area contributed by atoms with Gasteiger partial charge in [-0.05, 0) is 98.4 Å². The number of amidine groups is 1. The smallest absolute Gasteiger partial charge is 0.389 e. The number of piperidine rings is 1. The molecule has 1 amide bonds. The number of carbonyl (C=O) groups is 1. The lowest BCUT2D eigenvalue weighted by Crippen LogP contribution is -2.47. The van der Waals surface area contributed by atoms with Gasteiger partial charge in [0.2, 0.25) is 0 Å². The Hall–Kier alpha value is -1.84. The lowest BCUT2D eigenvalue weighted by molar-refractivity contribution is -0.138.